The van der Waals surface area contributed by atoms with E-state index in [0.717, 1.165) is 12.1 Å². The van der Waals surface area contributed by atoms with Gasteiger partial charge in [0.25, 0.3) is 0 Å². The van der Waals surface area contributed by atoms with Crippen molar-refractivity contribution in [3.8, 4) is 11.8 Å². The summed E-state index contributed by atoms with van der Waals surface area (Å²) in [6.07, 6.45) is 1.57. The highest BCUT2D eigenvalue weighted by atomic mass is 16.5. The molecule has 0 fully saturated rings. The summed E-state index contributed by atoms with van der Waals surface area (Å²) >= 11 is 0. The minimum Gasteiger partial charge on any atom is -0.481 e. The van der Waals surface area contributed by atoms with E-state index in [-0.39, 0.29) is 6.10 Å². The number of aromatic nitrogens is 2. The zero-order valence-corrected chi connectivity index (χ0v) is 10.7. The number of ether oxygens (including phenoxy) is 3. The van der Waals surface area contributed by atoms with Crippen LogP contribution < -0.4 is 14.8 Å². The molecule has 1 atom stereocenters. The van der Waals surface area contributed by atoms with E-state index < -0.39 is 0 Å². The van der Waals surface area contributed by atoms with E-state index in [9.17, 15) is 0 Å². The average molecular weight is 241 g/mol. The van der Waals surface area contributed by atoms with Crippen LogP contribution in [-0.2, 0) is 11.3 Å². The first-order valence-electron chi connectivity index (χ1n) is 5.38. The third kappa shape index (κ3) is 3.83. The SMILES string of the molecule is COc1ncnc(OC)c1CNCC(C)OC. The van der Waals surface area contributed by atoms with Crippen LogP contribution in [0.1, 0.15) is 12.5 Å². The number of hydrogen-bond acceptors (Lipinski definition) is 6. The van der Waals surface area contributed by atoms with Crippen molar-refractivity contribution in [1.29, 1.82) is 0 Å². The summed E-state index contributed by atoms with van der Waals surface area (Å²) in [6.45, 7) is 3.29. The van der Waals surface area contributed by atoms with Gasteiger partial charge in [-0.3, -0.25) is 0 Å². The second kappa shape index (κ2) is 7.03. The van der Waals surface area contributed by atoms with E-state index >= 15 is 0 Å². The second-order valence-electron chi connectivity index (χ2n) is 3.55. The van der Waals surface area contributed by atoms with E-state index in [0.29, 0.717) is 18.3 Å². The molecule has 0 aliphatic rings. The lowest BCUT2D eigenvalue weighted by Gasteiger charge is -2.13. The first-order chi connectivity index (χ1) is 8.22. The minimum atomic E-state index is 0.150. The predicted octanol–water partition coefficient (Wildman–Crippen LogP) is 0.618. The van der Waals surface area contributed by atoms with Crippen molar-refractivity contribution < 1.29 is 14.2 Å². The molecule has 0 aliphatic carbocycles. The summed E-state index contributed by atoms with van der Waals surface area (Å²) in [4.78, 5) is 8.08. The Hall–Kier alpha value is -1.40. The van der Waals surface area contributed by atoms with Crippen molar-refractivity contribution in [2.24, 2.45) is 0 Å². The van der Waals surface area contributed by atoms with Crippen molar-refractivity contribution in [3.63, 3.8) is 0 Å². The van der Waals surface area contributed by atoms with Gasteiger partial charge >= 0.3 is 0 Å². The predicted molar refractivity (Wildman–Crippen MR) is 63.3 cm³/mol. The molecule has 6 heteroatoms. The van der Waals surface area contributed by atoms with Gasteiger partial charge in [-0.1, -0.05) is 0 Å². The van der Waals surface area contributed by atoms with Gasteiger partial charge in [0, 0.05) is 20.2 Å². The Morgan fingerprint density at radius 1 is 1.18 bits per heavy atom. The molecule has 0 amide bonds. The number of hydrogen-bond donors (Lipinski definition) is 1. The Balaban J connectivity index is 2.67. The lowest BCUT2D eigenvalue weighted by Crippen LogP contribution is -2.26. The molecule has 0 aromatic carbocycles. The smallest absolute Gasteiger partial charge is 0.224 e. The van der Waals surface area contributed by atoms with Gasteiger partial charge in [0.1, 0.15) is 6.33 Å². The first kappa shape index (κ1) is 13.7. The molecular formula is C11H19N3O3. The fourth-order valence-corrected chi connectivity index (χ4v) is 1.37. The molecule has 1 aromatic heterocycles. The standard InChI is InChI=1S/C11H19N3O3/c1-8(15-2)5-12-6-9-10(16-3)13-7-14-11(9)17-4/h7-8,12H,5-6H2,1-4H3. The van der Waals surface area contributed by atoms with E-state index in [4.69, 9.17) is 14.2 Å². The highest BCUT2D eigenvalue weighted by Gasteiger charge is 2.12. The van der Waals surface area contributed by atoms with Crippen LogP contribution in [0.5, 0.6) is 11.8 Å². The van der Waals surface area contributed by atoms with Gasteiger partial charge in [-0.15, -0.1) is 0 Å². The van der Waals surface area contributed by atoms with Crippen molar-refractivity contribution in [1.82, 2.24) is 15.3 Å². The number of nitrogens with one attached hydrogen (secondary N) is 1. The first-order valence-corrected chi connectivity index (χ1v) is 5.38. The molecule has 1 heterocycles. The van der Waals surface area contributed by atoms with Crippen molar-refractivity contribution in [3.05, 3.63) is 11.9 Å². The highest BCUT2D eigenvalue weighted by Crippen LogP contribution is 2.22. The summed E-state index contributed by atoms with van der Waals surface area (Å²) in [7, 11) is 4.82. The Morgan fingerprint density at radius 2 is 1.76 bits per heavy atom. The molecule has 0 bridgehead atoms. The topological polar surface area (TPSA) is 65.5 Å². The fourth-order valence-electron chi connectivity index (χ4n) is 1.37. The highest BCUT2D eigenvalue weighted by molar-refractivity contribution is 5.34. The van der Waals surface area contributed by atoms with Crippen LogP contribution in [0.15, 0.2) is 6.33 Å². The number of rotatable bonds is 7. The maximum absolute atomic E-state index is 5.17. The lowest BCUT2D eigenvalue weighted by atomic mass is 10.3. The normalized spacial score (nSPS) is 12.2. The Morgan fingerprint density at radius 3 is 2.24 bits per heavy atom. The van der Waals surface area contributed by atoms with Gasteiger partial charge in [-0.25, -0.2) is 9.97 Å². The molecule has 0 saturated carbocycles. The zero-order valence-electron chi connectivity index (χ0n) is 10.7. The van der Waals surface area contributed by atoms with E-state index in [1.165, 1.54) is 6.33 Å². The summed E-state index contributed by atoms with van der Waals surface area (Å²) < 4.78 is 15.5. The number of methoxy groups -OCH3 is 3. The molecule has 1 N–H and O–H groups in total. The maximum atomic E-state index is 5.17. The quantitative estimate of drug-likeness (QED) is 0.755. The maximum Gasteiger partial charge on any atom is 0.224 e. The fraction of sp³-hybridized carbons (Fsp3) is 0.636. The summed E-state index contributed by atoms with van der Waals surface area (Å²) in [6, 6.07) is 0. The minimum absolute atomic E-state index is 0.150. The molecule has 1 aromatic rings. The van der Waals surface area contributed by atoms with Gasteiger partial charge in [-0.05, 0) is 6.92 Å². The van der Waals surface area contributed by atoms with Crippen LogP contribution in [0.4, 0.5) is 0 Å². The molecular weight excluding hydrogens is 222 g/mol. The van der Waals surface area contributed by atoms with Gasteiger partial charge < -0.3 is 19.5 Å². The van der Waals surface area contributed by atoms with Crippen molar-refractivity contribution in [2.45, 2.75) is 19.6 Å². The molecule has 96 valence electrons. The van der Waals surface area contributed by atoms with Gasteiger partial charge in [0.15, 0.2) is 0 Å². The lowest BCUT2D eigenvalue weighted by molar-refractivity contribution is 0.117. The van der Waals surface area contributed by atoms with Gasteiger partial charge in [-0.2, -0.15) is 0 Å². The molecule has 17 heavy (non-hydrogen) atoms. The summed E-state index contributed by atoms with van der Waals surface area (Å²) in [5.74, 6) is 1.05. The third-order valence-corrected chi connectivity index (χ3v) is 2.39. The molecule has 0 saturated heterocycles. The van der Waals surface area contributed by atoms with E-state index in [1.807, 2.05) is 6.92 Å². The molecule has 1 unspecified atom stereocenters. The van der Waals surface area contributed by atoms with Crippen molar-refractivity contribution >= 4 is 0 Å². The Labute approximate surface area is 101 Å². The van der Waals surface area contributed by atoms with Crippen LogP contribution in [0, 0.1) is 0 Å². The van der Waals surface area contributed by atoms with Crippen molar-refractivity contribution in [2.75, 3.05) is 27.9 Å². The zero-order chi connectivity index (χ0) is 12.7. The summed E-state index contributed by atoms with van der Waals surface area (Å²) in [5.41, 5.74) is 0.806. The van der Waals surface area contributed by atoms with Crippen LogP contribution >= 0.6 is 0 Å². The molecule has 0 radical (unpaired) electrons. The van der Waals surface area contributed by atoms with E-state index in [2.05, 4.69) is 15.3 Å². The summed E-state index contributed by atoms with van der Waals surface area (Å²) in [5, 5.41) is 3.24. The molecule has 0 spiro atoms. The van der Waals surface area contributed by atoms with Gasteiger partial charge in [0.05, 0.1) is 25.9 Å². The number of nitrogens with zero attached hydrogens (tertiary/aromatic N) is 2. The monoisotopic (exact) mass is 241 g/mol. The largest absolute Gasteiger partial charge is 0.481 e. The van der Waals surface area contributed by atoms with Gasteiger partial charge in [0.2, 0.25) is 11.8 Å². The average Bonchev–Trinajstić information content (AvgIpc) is 2.38. The molecule has 1 rings (SSSR count). The molecule has 0 aliphatic heterocycles. The Kier molecular flexibility index (Phi) is 5.65. The third-order valence-electron chi connectivity index (χ3n) is 2.39. The van der Waals surface area contributed by atoms with Crippen LogP contribution in [0.25, 0.3) is 0 Å². The van der Waals surface area contributed by atoms with Crippen LogP contribution in [0.3, 0.4) is 0 Å². The second-order valence-corrected chi connectivity index (χ2v) is 3.55. The molecule has 6 nitrogen and oxygen atoms in total. The Bertz CT molecular complexity index is 324. The van der Waals surface area contributed by atoms with Crippen LogP contribution in [0.2, 0.25) is 0 Å². The van der Waals surface area contributed by atoms with E-state index in [1.54, 1.807) is 21.3 Å². The van der Waals surface area contributed by atoms with Crippen LogP contribution in [-0.4, -0.2) is 43.9 Å².